The quantitative estimate of drug-likeness (QED) is 0.710. The van der Waals surface area contributed by atoms with Gasteiger partial charge >= 0.3 is 0 Å². The van der Waals surface area contributed by atoms with Crippen molar-refractivity contribution in [1.82, 2.24) is 10.5 Å². The number of carbonyl (C=O) groups is 1. The van der Waals surface area contributed by atoms with E-state index in [-0.39, 0.29) is 12.7 Å². The first-order chi connectivity index (χ1) is 12.3. The highest BCUT2D eigenvalue weighted by Gasteiger charge is 2.12. The van der Waals surface area contributed by atoms with Gasteiger partial charge in [-0.2, -0.15) is 0 Å². The number of hydrogen-bond donors (Lipinski definition) is 1. The topological polar surface area (TPSA) is 73.6 Å². The summed E-state index contributed by atoms with van der Waals surface area (Å²) in [6.07, 6.45) is 3.19. The number of amides is 1. The van der Waals surface area contributed by atoms with Crippen LogP contribution in [0, 0.1) is 0 Å². The molecule has 0 bridgehead atoms. The number of hydrogen-bond acceptors (Lipinski definition) is 6. The second kappa shape index (κ2) is 6.82. The molecule has 1 N–H and O–H groups in total. The van der Waals surface area contributed by atoms with Crippen LogP contribution in [-0.4, -0.2) is 17.9 Å². The number of aromatic nitrogens is 1. The second-order valence-electron chi connectivity index (χ2n) is 5.32. The molecule has 1 aliphatic heterocycles. The van der Waals surface area contributed by atoms with Crippen molar-refractivity contribution >= 4 is 23.3 Å². The third kappa shape index (κ3) is 3.56. The first-order valence-corrected chi connectivity index (χ1v) is 8.51. The van der Waals surface area contributed by atoms with Gasteiger partial charge in [-0.1, -0.05) is 17.3 Å². The molecule has 126 valence electrons. The fourth-order valence-electron chi connectivity index (χ4n) is 2.36. The Kier molecular flexibility index (Phi) is 4.22. The Hall–Kier alpha value is -3.06. The standard InChI is InChI=1S/C18H14N2O4S/c21-18(6-4-12-3-5-14-15(8-12)23-11-22-14)19-10-13-9-16(24-20-13)17-2-1-7-25-17/h1-9H,10-11H2,(H,19,21)/b6-4-. The summed E-state index contributed by atoms with van der Waals surface area (Å²) in [6, 6.07) is 11.3. The van der Waals surface area contributed by atoms with Crippen LogP contribution in [0.25, 0.3) is 16.7 Å². The van der Waals surface area contributed by atoms with E-state index in [2.05, 4.69) is 10.5 Å². The molecule has 0 fully saturated rings. The SMILES string of the molecule is O=C(/C=C\c1ccc2c(c1)OCO2)NCc1cc(-c2cccs2)on1. The van der Waals surface area contributed by atoms with Crippen LogP contribution in [0.3, 0.4) is 0 Å². The average molecular weight is 354 g/mol. The van der Waals surface area contributed by atoms with Gasteiger partial charge in [0.25, 0.3) is 0 Å². The number of fused-ring (bicyclic) bond motifs is 1. The number of rotatable bonds is 5. The fraction of sp³-hybridized carbons (Fsp3) is 0.111. The van der Waals surface area contributed by atoms with Gasteiger partial charge in [-0.25, -0.2) is 0 Å². The molecule has 0 atom stereocenters. The summed E-state index contributed by atoms with van der Waals surface area (Å²) in [5.41, 5.74) is 1.54. The summed E-state index contributed by atoms with van der Waals surface area (Å²) in [7, 11) is 0. The van der Waals surface area contributed by atoms with E-state index in [0.29, 0.717) is 29.5 Å². The minimum Gasteiger partial charge on any atom is -0.454 e. The van der Waals surface area contributed by atoms with E-state index in [9.17, 15) is 4.79 Å². The Balaban J connectivity index is 1.33. The molecular formula is C18H14N2O4S. The van der Waals surface area contributed by atoms with Gasteiger partial charge in [0.1, 0.15) is 5.69 Å². The highest BCUT2D eigenvalue weighted by Crippen LogP contribution is 2.32. The third-order valence-corrected chi connectivity index (χ3v) is 4.47. The molecule has 0 unspecified atom stereocenters. The maximum absolute atomic E-state index is 11.9. The molecule has 1 aromatic carbocycles. The minimum atomic E-state index is -0.210. The summed E-state index contributed by atoms with van der Waals surface area (Å²) in [5.74, 6) is 1.90. The zero-order valence-corrected chi connectivity index (χ0v) is 13.9. The molecule has 25 heavy (non-hydrogen) atoms. The van der Waals surface area contributed by atoms with E-state index in [4.69, 9.17) is 14.0 Å². The largest absolute Gasteiger partial charge is 0.454 e. The summed E-state index contributed by atoms with van der Waals surface area (Å²) in [4.78, 5) is 13.0. The fourth-order valence-corrected chi connectivity index (χ4v) is 3.03. The summed E-state index contributed by atoms with van der Waals surface area (Å²) in [5, 5.41) is 8.72. The highest BCUT2D eigenvalue weighted by molar-refractivity contribution is 7.13. The molecule has 4 rings (SSSR count). The van der Waals surface area contributed by atoms with E-state index in [1.54, 1.807) is 17.4 Å². The molecule has 0 radical (unpaired) electrons. The van der Waals surface area contributed by atoms with E-state index in [1.807, 2.05) is 41.8 Å². The van der Waals surface area contributed by atoms with Crippen LogP contribution in [0.5, 0.6) is 11.5 Å². The van der Waals surface area contributed by atoms with Crippen molar-refractivity contribution < 1.29 is 18.8 Å². The van der Waals surface area contributed by atoms with Crippen LogP contribution in [0.4, 0.5) is 0 Å². The van der Waals surface area contributed by atoms with Crippen LogP contribution in [-0.2, 0) is 11.3 Å². The van der Waals surface area contributed by atoms with Crippen molar-refractivity contribution in [2.24, 2.45) is 0 Å². The first-order valence-electron chi connectivity index (χ1n) is 7.63. The number of nitrogens with one attached hydrogen (secondary N) is 1. The van der Waals surface area contributed by atoms with Crippen molar-refractivity contribution in [3.8, 4) is 22.1 Å². The molecule has 3 aromatic rings. The van der Waals surface area contributed by atoms with Crippen molar-refractivity contribution in [2.45, 2.75) is 6.54 Å². The molecule has 7 heteroatoms. The first kappa shape index (κ1) is 15.5. The van der Waals surface area contributed by atoms with Crippen molar-refractivity contribution in [1.29, 1.82) is 0 Å². The summed E-state index contributed by atoms with van der Waals surface area (Å²) < 4.78 is 15.8. The lowest BCUT2D eigenvalue weighted by atomic mass is 10.2. The van der Waals surface area contributed by atoms with Gasteiger partial charge in [-0.15, -0.1) is 11.3 Å². The van der Waals surface area contributed by atoms with E-state index >= 15 is 0 Å². The zero-order valence-electron chi connectivity index (χ0n) is 13.1. The number of carbonyl (C=O) groups excluding carboxylic acids is 1. The van der Waals surface area contributed by atoms with Crippen LogP contribution in [0.2, 0.25) is 0 Å². The van der Waals surface area contributed by atoms with Crippen LogP contribution >= 0.6 is 11.3 Å². The molecule has 0 spiro atoms. The van der Waals surface area contributed by atoms with Gasteiger partial charge in [0.2, 0.25) is 12.7 Å². The molecule has 0 aliphatic carbocycles. The van der Waals surface area contributed by atoms with Crippen molar-refractivity contribution in [3.05, 3.63) is 59.1 Å². The van der Waals surface area contributed by atoms with Crippen LogP contribution in [0.1, 0.15) is 11.3 Å². The molecule has 0 saturated carbocycles. The monoisotopic (exact) mass is 354 g/mol. The van der Waals surface area contributed by atoms with Crippen molar-refractivity contribution in [2.75, 3.05) is 6.79 Å². The van der Waals surface area contributed by atoms with E-state index in [1.165, 1.54) is 6.08 Å². The lowest BCUT2D eigenvalue weighted by Gasteiger charge is -1.99. The average Bonchev–Trinajstić information content (AvgIpc) is 3.38. The van der Waals surface area contributed by atoms with Gasteiger partial charge in [0.05, 0.1) is 11.4 Å². The predicted molar refractivity (Wildman–Crippen MR) is 93.3 cm³/mol. The van der Waals surface area contributed by atoms with Crippen LogP contribution < -0.4 is 14.8 Å². The van der Waals surface area contributed by atoms with Gasteiger partial charge in [0, 0.05) is 12.1 Å². The van der Waals surface area contributed by atoms with Gasteiger partial charge in [-0.3, -0.25) is 4.79 Å². The Morgan fingerprint density at radius 1 is 1.24 bits per heavy atom. The van der Waals surface area contributed by atoms with Gasteiger partial charge in [0.15, 0.2) is 17.3 Å². The van der Waals surface area contributed by atoms with E-state index < -0.39 is 0 Å². The number of nitrogens with zero attached hydrogens (tertiary/aromatic N) is 1. The molecule has 0 saturated heterocycles. The smallest absolute Gasteiger partial charge is 0.244 e. The maximum atomic E-state index is 11.9. The predicted octanol–water partition coefficient (Wildman–Crippen LogP) is 3.46. The molecule has 1 aliphatic rings. The lowest BCUT2D eigenvalue weighted by molar-refractivity contribution is -0.116. The van der Waals surface area contributed by atoms with Gasteiger partial charge in [-0.05, 0) is 35.2 Å². The highest BCUT2D eigenvalue weighted by atomic mass is 32.1. The Bertz CT molecular complexity index is 915. The second-order valence-corrected chi connectivity index (χ2v) is 6.27. The molecule has 6 nitrogen and oxygen atoms in total. The summed E-state index contributed by atoms with van der Waals surface area (Å²) in [6.45, 7) is 0.535. The molecular weight excluding hydrogens is 340 g/mol. The number of benzene rings is 1. The number of ether oxygens (including phenoxy) is 2. The normalized spacial score (nSPS) is 12.6. The van der Waals surface area contributed by atoms with E-state index in [0.717, 1.165) is 10.4 Å². The molecule has 1 amide bonds. The summed E-state index contributed by atoms with van der Waals surface area (Å²) >= 11 is 1.58. The Morgan fingerprint density at radius 2 is 2.16 bits per heavy atom. The molecule has 2 aromatic heterocycles. The third-order valence-electron chi connectivity index (χ3n) is 3.59. The Labute approximate surface area is 147 Å². The minimum absolute atomic E-state index is 0.210. The Morgan fingerprint density at radius 3 is 3.04 bits per heavy atom. The maximum Gasteiger partial charge on any atom is 0.244 e. The number of thiophene rings is 1. The van der Waals surface area contributed by atoms with Gasteiger partial charge < -0.3 is 19.3 Å². The van der Waals surface area contributed by atoms with Crippen LogP contribution in [0.15, 0.2) is 52.4 Å². The zero-order chi connectivity index (χ0) is 17.1. The lowest BCUT2D eigenvalue weighted by Crippen LogP contribution is -2.20. The van der Waals surface area contributed by atoms with Crippen molar-refractivity contribution in [3.63, 3.8) is 0 Å². The molecule has 3 heterocycles.